The highest BCUT2D eigenvalue weighted by Crippen LogP contribution is 2.33. The lowest BCUT2D eigenvalue weighted by molar-refractivity contribution is -0.155. The van der Waals surface area contributed by atoms with Crippen LogP contribution < -0.4 is 10.9 Å². The van der Waals surface area contributed by atoms with Crippen LogP contribution in [0.1, 0.15) is 44.3 Å². The number of nitrogens with one attached hydrogen (secondary N) is 2. The topological polar surface area (TPSA) is 163 Å². The fraction of sp³-hybridized carbons (Fsp3) is 0.162. The number of aliphatic carboxylic acids is 1. The minimum Gasteiger partial charge on any atom is -0.506 e. The van der Waals surface area contributed by atoms with Gasteiger partial charge in [0.2, 0.25) is 11.2 Å². The zero-order valence-electron chi connectivity index (χ0n) is 25.3. The molecule has 1 aromatic heterocycles. The lowest BCUT2D eigenvalue weighted by atomic mass is 9.85. The van der Waals surface area contributed by atoms with Crippen LogP contribution in [0.25, 0.3) is 16.5 Å². The Balaban J connectivity index is 1.07. The number of benzene rings is 4. The van der Waals surface area contributed by atoms with Crippen molar-refractivity contribution in [3.05, 3.63) is 153 Å². The van der Waals surface area contributed by atoms with Gasteiger partial charge in [-0.2, -0.15) is 0 Å². The second kappa shape index (κ2) is 13.1. The summed E-state index contributed by atoms with van der Waals surface area (Å²) in [5.74, 6) is -1.60. The Morgan fingerprint density at radius 2 is 1.66 bits per heavy atom. The number of hydrogen-bond acceptors (Lipinski definition) is 7. The summed E-state index contributed by atoms with van der Waals surface area (Å²) in [4.78, 5) is 41.5. The molecule has 0 aliphatic carbocycles. The van der Waals surface area contributed by atoms with E-state index in [1.165, 1.54) is 12.1 Å². The molecule has 5 aromatic rings. The van der Waals surface area contributed by atoms with Gasteiger partial charge in [-0.3, -0.25) is 9.59 Å². The van der Waals surface area contributed by atoms with Crippen LogP contribution in [-0.4, -0.2) is 61.8 Å². The SMILES string of the molecule is O=C(c1ccc(CNC[C@H](O)c2ccc(O)c3[nH]c(=O)ccc23)cc1)N1CC=C(c2cccc([C@](O)(C(=O)O)c3ccccc3)c2)C1. The Morgan fingerprint density at radius 1 is 0.915 bits per heavy atom. The first-order chi connectivity index (χ1) is 22.6. The molecule has 2 heterocycles. The highest BCUT2D eigenvalue weighted by atomic mass is 16.4. The molecule has 238 valence electrons. The van der Waals surface area contributed by atoms with Crippen LogP contribution >= 0.6 is 0 Å². The Labute approximate surface area is 269 Å². The molecule has 2 atom stereocenters. The number of phenolic OH excluding ortho intramolecular Hbond substituents is 1. The number of hydrogen-bond donors (Lipinski definition) is 6. The summed E-state index contributed by atoms with van der Waals surface area (Å²) in [6.07, 6.45) is 1.04. The fourth-order valence-electron chi connectivity index (χ4n) is 5.92. The number of pyridine rings is 1. The molecule has 1 aliphatic rings. The number of H-pyrrole nitrogens is 1. The Kier molecular flexibility index (Phi) is 8.73. The smallest absolute Gasteiger partial charge is 0.345 e. The van der Waals surface area contributed by atoms with Crippen LogP contribution in [0.15, 0.2) is 114 Å². The molecule has 6 rings (SSSR count). The maximum atomic E-state index is 13.3. The molecule has 10 nitrogen and oxygen atoms in total. The van der Waals surface area contributed by atoms with Crippen LogP contribution in [0.4, 0.5) is 0 Å². The van der Waals surface area contributed by atoms with Crippen molar-refractivity contribution in [3.63, 3.8) is 0 Å². The molecule has 1 amide bonds. The third-order valence-electron chi connectivity index (χ3n) is 8.49. The van der Waals surface area contributed by atoms with Gasteiger partial charge in [0.15, 0.2) is 0 Å². The molecule has 0 spiro atoms. The van der Waals surface area contributed by atoms with E-state index in [0.717, 1.165) is 16.7 Å². The monoisotopic (exact) mass is 631 g/mol. The lowest BCUT2D eigenvalue weighted by Gasteiger charge is -2.25. The number of nitrogens with zero attached hydrogens (tertiary/aromatic N) is 1. The van der Waals surface area contributed by atoms with E-state index in [4.69, 9.17) is 0 Å². The van der Waals surface area contributed by atoms with E-state index in [2.05, 4.69) is 10.3 Å². The van der Waals surface area contributed by atoms with Crippen molar-refractivity contribution in [2.45, 2.75) is 18.2 Å². The predicted octanol–water partition coefficient (Wildman–Crippen LogP) is 3.92. The third-order valence-corrected chi connectivity index (χ3v) is 8.49. The number of fused-ring (bicyclic) bond motifs is 1. The number of phenols is 1. The maximum absolute atomic E-state index is 13.3. The highest BCUT2D eigenvalue weighted by molar-refractivity contribution is 5.96. The Hall–Kier alpha value is -5.55. The third kappa shape index (κ3) is 6.30. The summed E-state index contributed by atoms with van der Waals surface area (Å²) in [5.41, 5.74) is 1.77. The number of rotatable bonds is 10. The van der Waals surface area contributed by atoms with Crippen LogP contribution in [0, 0.1) is 0 Å². The number of aromatic amines is 1. The number of aliphatic hydroxyl groups is 2. The number of carboxylic acids is 1. The molecular formula is C37H33N3O7. The average molecular weight is 632 g/mol. The molecule has 1 aliphatic heterocycles. The van der Waals surface area contributed by atoms with Crippen molar-refractivity contribution in [1.82, 2.24) is 15.2 Å². The zero-order valence-corrected chi connectivity index (χ0v) is 25.3. The number of carbonyl (C=O) groups excluding carboxylic acids is 1. The summed E-state index contributed by atoms with van der Waals surface area (Å²) < 4.78 is 0. The molecule has 6 N–H and O–H groups in total. The quantitative estimate of drug-likeness (QED) is 0.135. The van der Waals surface area contributed by atoms with E-state index in [1.807, 2.05) is 24.3 Å². The van der Waals surface area contributed by atoms with Crippen LogP contribution in [-0.2, 0) is 16.9 Å². The highest BCUT2D eigenvalue weighted by Gasteiger charge is 2.40. The first kappa shape index (κ1) is 31.4. The number of aliphatic hydroxyl groups excluding tert-OH is 1. The van der Waals surface area contributed by atoms with E-state index in [0.29, 0.717) is 36.1 Å². The van der Waals surface area contributed by atoms with E-state index < -0.39 is 17.7 Å². The van der Waals surface area contributed by atoms with Crippen molar-refractivity contribution in [2.75, 3.05) is 19.6 Å². The number of aromatic hydroxyl groups is 1. The normalized spacial score (nSPS) is 14.9. The van der Waals surface area contributed by atoms with Crippen molar-refractivity contribution in [3.8, 4) is 5.75 Å². The standard InChI is InChI=1S/C37H33N3O7/c41-31-15-13-29(30-14-16-33(43)39-34(30)31)32(42)21-38-20-23-9-11-24(12-10-23)35(44)40-18-17-26(22-40)25-5-4-8-28(19-25)37(47,36(45)46)27-6-2-1-3-7-27/h1-17,19,32,38,41-42,47H,18,20-22H2,(H,39,43)(H,45,46)/t32-,37-/m0/s1. The summed E-state index contributed by atoms with van der Waals surface area (Å²) in [5, 5.41) is 45.9. The largest absolute Gasteiger partial charge is 0.506 e. The number of amides is 1. The summed E-state index contributed by atoms with van der Waals surface area (Å²) in [6, 6.07) is 28.2. The summed E-state index contributed by atoms with van der Waals surface area (Å²) >= 11 is 0. The molecule has 0 fully saturated rings. The second-order valence-corrected chi connectivity index (χ2v) is 11.5. The molecule has 0 saturated heterocycles. The average Bonchev–Trinajstić information content (AvgIpc) is 3.59. The molecule has 0 bridgehead atoms. The van der Waals surface area contributed by atoms with Gasteiger partial charge in [-0.25, -0.2) is 4.79 Å². The van der Waals surface area contributed by atoms with Gasteiger partial charge in [-0.15, -0.1) is 0 Å². The van der Waals surface area contributed by atoms with Gasteiger partial charge in [0, 0.05) is 48.8 Å². The van der Waals surface area contributed by atoms with Gasteiger partial charge < -0.3 is 35.6 Å². The van der Waals surface area contributed by atoms with Crippen molar-refractivity contribution in [1.29, 1.82) is 0 Å². The maximum Gasteiger partial charge on any atom is 0.345 e. The Bertz CT molecular complexity index is 2040. The van der Waals surface area contributed by atoms with E-state index in [-0.39, 0.29) is 40.4 Å². The lowest BCUT2D eigenvalue weighted by Crippen LogP contribution is -2.36. The van der Waals surface area contributed by atoms with Crippen molar-refractivity contribution >= 4 is 28.4 Å². The number of carbonyl (C=O) groups is 2. The Morgan fingerprint density at radius 3 is 2.40 bits per heavy atom. The predicted molar refractivity (Wildman–Crippen MR) is 177 cm³/mol. The van der Waals surface area contributed by atoms with Crippen LogP contribution in [0.5, 0.6) is 5.75 Å². The molecule has 10 heteroatoms. The van der Waals surface area contributed by atoms with Gasteiger partial charge >= 0.3 is 5.97 Å². The molecule has 0 saturated carbocycles. The van der Waals surface area contributed by atoms with Crippen molar-refractivity contribution in [2.24, 2.45) is 0 Å². The minimum absolute atomic E-state index is 0.0706. The van der Waals surface area contributed by atoms with Gasteiger partial charge in [0.05, 0.1) is 11.6 Å². The van der Waals surface area contributed by atoms with E-state index in [9.17, 15) is 34.8 Å². The van der Waals surface area contributed by atoms with Gasteiger partial charge in [0.1, 0.15) is 5.75 Å². The number of aromatic nitrogens is 1. The van der Waals surface area contributed by atoms with Gasteiger partial charge in [-0.1, -0.05) is 72.8 Å². The summed E-state index contributed by atoms with van der Waals surface area (Å²) in [6.45, 7) is 1.38. The summed E-state index contributed by atoms with van der Waals surface area (Å²) in [7, 11) is 0. The van der Waals surface area contributed by atoms with E-state index >= 15 is 0 Å². The van der Waals surface area contributed by atoms with Gasteiger partial charge in [-0.05, 0) is 58.2 Å². The van der Waals surface area contributed by atoms with Gasteiger partial charge in [0.25, 0.3) is 5.91 Å². The molecule has 47 heavy (non-hydrogen) atoms. The first-order valence-electron chi connectivity index (χ1n) is 15.1. The second-order valence-electron chi connectivity index (χ2n) is 11.5. The molecular weight excluding hydrogens is 598 g/mol. The van der Waals surface area contributed by atoms with E-state index in [1.54, 1.807) is 77.7 Å². The van der Waals surface area contributed by atoms with Crippen LogP contribution in [0.2, 0.25) is 0 Å². The first-order valence-corrected chi connectivity index (χ1v) is 15.1. The molecule has 4 aromatic carbocycles. The number of carboxylic acid groups (broad SMARTS) is 1. The minimum atomic E-state index is -2.22. The zero-order chi connectivity index (χ0) is 33.1. The van der Waals surface area contributed by atoms with Crippen LogP contribution in [0.3, 0.4) is 0 Å². The van der Waals surface area contributed by atoms with Crippen molar-refractivity contribution < 1.29 is 30.0 Å². The molecule has 0 radical (unpaired) electrons. The molecule has 0 unspecified atom stereocenters. The fourth-order valence-corrected chi connectivity index (χ4v) is 5.92.